The zero-order chi connectivity index (χ0) is 19.8. The minimum atomic E-state index is -0.504. The van der Waals surface area contributed by atoms with Gasteiger partial charge in [0.2, 0.25) is 5.82 Å². The summed E-state index contributed by atoms with van der Waals surface area (Å²) in [6.07, 6.45) is 2.58. The maximum Gasteiger partial charge on any atom is 0.297 e. The molecule has 2 heterocycles. The van der Waals surface area contributed by atoms with Crippen molar-refractivity contribution in [1.29, 1.82) is 0 Å². The summed E-state index contributed by atoms with van der Waals surface area (Å²) in [6, 6.07) is 5.12. The monoisotopic (exact) mass is 435 g/mol. The summed E-state index contributed by atoms with van der Waals surface area (Å²) in [5.74, 6) is 0.0968. The van der Waals surface area contributed by atoms with Gasteiger partial charge in [0.05, 0.1) is 20.6 Å². The molecule has 0 atom stereocenters. The first kappa shape index (κ1) is 19.0. The van der Waals surface area contributed by atoms with Gasteiger partial charge in [-0.25, -0.2) is 14.6 Å². The van der Waals surface area contributed by atoms with Crippen molar-refractivity contribution in [2.45, 2.75) is 32.6 Å². The third kappa shape index (κ3) is 3.43. The molecule has 7 nitrogen and oxygen atoms in total. The van der Waals surface area contributed by atoms with Crippen LogP contribution in [0.3, 0.4) is 0 Å². The first-order chi connectivity index (χ1) is 13.5. The molecule has 0 saturated heterocycles. The number of nitrogens with zero attached hydrogens (tertiary/aromatic N) is 4. The lowest BCUT2D eigenvalue weighted by atomic mass is 10.0. The highest BCUT2D eigenvalue weighted by atomic mass is 35.5. The number of amides is 1. The van der Waals surface area contributed by atoms with Crippen LogP contribution in [0.25, 0.3) is 5.69 Å². The number of Topliss-reactive ketones (excluding diaryl/α,β-unsaturated/α-hetero) is 1. The van der Waals surface area contributed by atoms with Crippen LogP contribution >= 0.6 is 34.5 Å². The summed E-state index contributed by atoms with van der Waals surface area (Å²) >= 11 is 13.7. The molecule has 10 heteroatoms. The van der Waals surface area contributed by atoms with Gasteiger partial charge >= 0.3 is 0 Å². The number of nitrogens with one attached hydrogen (secondary N) is 1. The third-order valence-electron chi connectivity index (χ3n) is 4.33. The van der Waals surface area contributed by atoms with E-state index in [4.69, 9.17) is 23.2 Å². The van der Waals surface area contributed by atoms with E-state index in [2.05, 4.69) is 20.4 Å². The molecule has 0 bridgehead atoms. The van der Waals surface area contributed by atoms with E-state index in [0.29, 0.717) is 44.4 Å². The zero-order valence-corrected chi connectivity index (χ0v) is 17.2. The van der Waals surface area contributed by atoms with E-state index in [0.717, 1.165) is 18.5 Å². The van der Waals surface area contributed by atoms with Crippen molar-refractivity contribution in [2.24, 2.45) is 0 Å². The van der Waals surface area contributed by atoms with E-state index in [1.54, 1.807) is 18.2 Å². The van der Waals surface area contributed by atoms with E-state index >= 15 is 0 Å². The minimum absolute atomic E-state index is 0.0210. The third-order valence-corrected chi connectivity index (χ3v) is 6.00. The molecule has 4 rings (SSSR count). The first-order valence-corrected chi connectivity index (χ1v) is 10.3. The van der Waals surface area contributed by atoms with Gasteiger partial charge < -0.3 is 0 Å². The standard InChI is InChI=1S/C18H15Cl2N5O2S/c1-2-13-22-16(24-25(13)14-9(19)5-3-6-10(14)20)17(27)23-18-21-11-7-4-8-12(26)15(11)28-18/h3,5-6H,2,4,7-8H2,1H3,(H,21,23,27). The first-order valence-electron chi connectivity index (χ1n) is 8.72. The Kier molecular flexibility index (Phi) is 5.18. The summed E-state index contributed by atoms with van der Waals surface area (Å²) < 4.78 is 1.48. The second-order valence-electron chi connectivity index (χ2n) is 6.21. The molecule has 2 aromatic heterocycles. The number of thiazole rings is 1. The Bertz CT molecular complexity index is 1070. The number of para-hydroxylation sites is 1. The molecule has 0 radical (unpaired) electrons. The van der Waals surface area contributed by atoms with E-state index in [-0.39, 0.29) is 11.6 Å². The van der Waals surface area contributed by atoms with Crippen molar-refractivity contribution < 1.29 is 9.59 Å². The lowest BCUT2D eigenvalue weighted by Crippen LogP contribution is -2.14. The van der Waals surface area contributed by atoms with Crippen LogP contribution in [0.1, 0.15) is 51.6 Å². The van der Waals surface area contributed by atoms with Crippen molar-refractivity contribution in [3.05, 3.63) is 50.5 Å². The fraction of sp³-hybridized carbons (Fsp3) is 0.278. The predicted molar refractivity (Wildman–Crippen MR) is 108 cm³/mol. The number of carbonyl (C=O) groups excluding carboxylic acids is 2. The number of fused-ring (bicyclic) bond motifs is 1. The van der Waals surface area contributed by atoms with Crippen LogP contribution in [0, 0.1) is 0 Å². The Hall–Kier alpha value is -2.29. The number of carbonyl (C=O) groups is 2. The Morgan fingerprint density at radius 3 is 2.68 bits per heavy atom. The van der Waals surface area contributed by atoms with Gasteiger partial charge in [-0.15, -0.1) is 5.10 Å². The molecule has 0 saturated carbocycles. The molecule has 28 heavy (non-hydrogen) atoms. The van der Waals surface area contributed by atoms with Gasteiger partial charge in [-0.05, 0) is 25.0 Å². The average molecular weight is 436 g/mol. The van der Waals surface area contributed by atoms with Gasteiger partial charge in [-0.3, -0.25) is 14.9 Å². The van der Waals surface area contributed by atoms with Crippen molar-refractivity contribution in [3.8, 4) is 5.69 Å². The van der Waals surface area contributed by atoms with Crippen LogP contribution in [0.5, 0.6) is 0 Å². The van der Waals surface area contributed by atoms with Crippen LogP contribution < -0.4 is 5.32 Å². The van der Waals surface area contributed by atoms with Gasteiger partial charge in [-0.2, -0.15) is 0 Å². The number of aryl methyl sites for hydroxylation is 2. The normalized spacial score (nSPS) is 13.5. The van der Waals surface area contributed by atoms with E-state index in [9.17, 15) is 9.59 Å². The molecule has 0 spiro atoms. The molecule has 1 aliphatic rings. The highest BCUT2D eigenvalue weighted by molar-refractivity contribution is 7.17. The maximum atomic E-state index is 12.7. The van der Waals surface area contributed by atoms with Crippen LogP contribution in [-0.4, -0.2) is 31.4 Å². The summed E-state index contributed by atoms with van der Waals surface area (Å²) in [5.41, 5.74) is 1.22. The second kappa shape index (κ2) is 7.62. The topological polar surface area (TPSA) is 89.8 Å². The van der Waals surface area contributed by atoms with Crippen LogP contribution in [0.4, 0.5) is 5.13 Å². The highest BCUT2D eigenvalue weighted by Crippen LogP contribution is 2.31. The summed E-state index contributed by atoms with van der Waals surface area (Å²) in [4.78, 5) is 33.9. The molecular formula is C18H15Cl2N5O2S. The fourth-order valence-electron chi connectivity index (χ4n) is 3.02. The lowest BCUT2D eigenvalue weighted by Gasteiger charge is -2.08. The SMILES string of the molecule is CCc1nc(C(=O)Nc2nc3c(s2)C(=O)CCC3)nn1-c1c(Cl)cccc1Cl. The molecule has 1 amide bonds. The smallest absolute Gasteiger partial charge is 0.295 e. The van der Waals surface area contributed by atoms with Crippen molar-refractivity contribution >= 4 is 51.4 Å². The molecule has 144 valence electrons. The Balaban J connectivity index is 1.64. The second-order valence-corrected chi connectivity index (χ2v) is 8.03. The number of hydrogen-bond donors (Lipinski definition) is 1. The van der Waals surface area contributed by atoms with Gasteiger partial charge in [0.25, 0.3) is 5.91 Å². The molecule has 0 fully saturated rings. The summed E-state index contributed by atoms with van der Waals surface area (Å²) in [5, 5.41) is 8.18. The summed E-state index contributed by atoms with van der Waals surface area (Å²) in [6.45, 7) is 1.90. The molecule has 3 aromatic rings. The fourth-order valence-corrected chi connectivity index (χ4v) is 4.55. The number of rotatable bonds is 4. The van der Waals surface area contributed by atoms with E-state index in [1.165, 1.54) is 16.0 Å². The number of aromatic nitrogens is 4. The van der Waals surface area contributed by atoms with Gasteiger partial charge in [0.15, 0.2) is 10.9 Å². The summed E-state index contributed by atoms with van der Waals surface area (Å²) in [7, 11) is 0. The molecule has 0 unspecified atom stereocenters. The van der Waals surface area contributed by atoms with Crippen LogP contribution in [0.2, 0.25) is 10.0 Å². The lowest BCUT2D eigenvalue weighted by molar-refractivity contribution is 0.0974. The number of halogens is 2. The molecule has 1 aromatic carbocycles. The molecule has 0 aliphatic heterocycles. The van der Waals surface area contributed by atoms with Crippen LogP contribution in [0.15, 0.2) is 18.2 Å². The maximum absolute atomic E-state index is 12.7. The minimum Gasteiger partial charge on any atom is -0.295 e. The molecule has 1 N–H and O–H groups in total. The van der Waals surface area contributed by atoms with Crippen LogP contribution in [-0.2, 0) is 12.8 Å². The largest absolute Gasteiger partial charge is 0.297 e. The number of anilines is 1. The zero-order valence-electron chi connectivity index (χ0n) is 14.8. The highest BCUT2D eigenvalue weighted by Gasteiger charge is 2.24. The molecular weight excluding hydrogens is 421 g/mol. The Morgan fingerprint density at radius 1 is 1.25 bits per heavy atom. The number of hydrogen-bond acceptors (Lipinski definition) is 6. The van der Waals surface area contributed by atoms with E-state index < -0.39 is 5.91 Å². The quantitative estimate of drug-likeness (QED) is 0.656. The average Bonchev–Trinajstić information content (AvgIpc) is 3.26. The number of benzene rings is 1. The predicted octanol–water partition coefficient (Wildman–Crippen LogP) is 4.36. The van der Waals surface area contributed by atoms with E-state index in [1.807, 2.05) is 6.92 Å². The Labute approximate surface area is 174 Å². The Morgan fingerprint density at radius 2 is 2.00 bits per heavy atom. The van der Waals surface area contributed by atoms with Gasteiger partial charge in [0, 0.05) is 12.8 Å². The van der Waals surface area contributed by atoms with Gasteiger partial charge in [-0.1, -0.05) is 47.5 Å². The molecule has 1 aliphatic carbocycles. The van der Waals surface area contributed by atoms with Gasteiger partial charge in [0.1, 0.15) is 11.5 Å². The van der Waals surface area contributed by atoms with Crippen molar-refractivity contribution in [2.75, 3.05) is 5.32 Å². The van der Waals surface area contributed by atoms with Crippen molar-refractivity contribution in [1.82, 2.24) is 19.7 Å². The van der Waals surface area contributed by atoms with Crippen molar-refractivity contribution in [3.63, 3.8) is 0 Å². The number of ketones is 1.